The monoisotopic (exact) mass is 1680 g/mol. The molecule has 2 fully saturated rings. The highest BCUT2D eigenvalue weighted by Gasteiger charge is 2.54. The summed E-state index contributed by atoms with van der Waals surface area (Å²) in [6.45, 7) is 29.1. The van der Waals surface area contributed by atoms with Gasteiger partial charge in [0.25, 0.3) is 11.4 Å². The third kappa shape index (κ3) is 29.2. The van der Waals surface area contributed by atoms with Crippen molar-refractivity contribution >= 4 is 63.5 Å². The van der Waals surface area contributed by atoms with Crippen molar-refractivity contribution in [3.05, 3.63) is 198 Å². The zero-order chi connectivity index (χ0) is 87.9. The normalized spacial score (nSPS) is 15.4. The maximum absolute atomic E-state index is 13.6. The van der Waals surface area contributed by atoms with Crippen molar-refractivity contribution in [3.63, 3.8) is 0 Å². The van der Waals surface area contributed by atoms with Gasteiger partial charge >= 0.3 is 36.9 Å². The highest BCUT2D eigenvalue weighted by molar-refractivity contribution is 6.07. The molecule has 36 heteroatoms. The van der Waals surface area contributed by atoms with Gasteiger partial charge in [0.15, 0.2) is 0 Å². The van der Waals surface area contributed by atoms with Gasteiger partial charge in [0, 0.05) is 84.7 Å². The zero-order valence-corrected chi connectivity index (χ0v) is 65.3. The van der Waals surface area contributed by atoms with E-state index < -0.39 is 108 Å². The summed E-state index contributed by atoms with van der Waals surface area (Å²) in [6.07, 6.45) is -23.8. The lowest BCUT2D eigenvalue weighted by molar-refractivity contribution is -0.385. The van der Waals surface area contributed by atoms with E-state index in [9.17, 15) is 110 Å². The van der Waals surface area contributed by atoms with E-state index in [2.05, 4.69) is 5.32 Å². The molecule has 2 aliphatic heterocycles. The number of phenolic OH excluding ortho intramolecular Hbond substituents is 1. The number of nitrogens with two attached hydrogens (primary N) is 2. The molecule has 0 saturated carbocycles. The summed E-state index contributed by atoms with van der Waals surface area (Å²) in [5.74, 6) is -2.64. The lowest BCUT2D eigenvalue weighted by atomic mass is 9.75. The summed E-state index contributed by atoms with van der Waals surface area (Å²) in [5.41, 5.74) is 7.88. The van der Waals surface area contributed by atoms with Gasteiger partial charge in [-0.15, -0.1) is 0 Å². The van der Waals surface area contributed by atoms with Gasteiger partial charge < -0.3 is 55.7 Å². The number of hydrogen-bond acceptors (Lipinski definition) is 15. The van der Waals surface area contributed by atoms with E-state index in [0.29, 0.717) is 24.3 Å². The van der Waals surface area contributed by atoms with Gasteiger partial charge in [-0.3, -0.25) is 39.4 Å². The Labute approximate surface area is 667 Å². The van der Waals surface area contributed by atoms with Gasteiger partial charge in [-0.2, -0.15) is 65.9 Å². The first kappa shape index (κ1) is 102. The number of carboxylic acid groups (broad SMARTS) is 1. The Morgan fingerprint density at radius 1 is 0.444 bits per heavy atom. The number of nitrogens with zero attached hydrogens (tertiary/aromatic N) is 4. The maximum atomic E-state index is 13.6. The molecule has 117 heavy (non-hydrogen) atoms. The van der Waals surface area contributed by atoms with Gasteiger partial charge in [0.1, 0.15) is 28.7 Å². The number of ether oxygens (including phenoxy) is 4. The predicted octanol–water partition coefficient (Wildman–Crippen LogP) is 22.0. The highest BCUT2D eigenvalue weighted by Crippen LogP contribution is 2.47. The molecule has 0 aliphatic carbocycles. The van der Waals surface area contributed by atoms with Crippen LogP contribution in [0.3, 0.4) is 0 Å². The van der Waals surface area contributed by atoms with Crippen LogP contribution in [0.1, 0.15) is 161 Å². The van der Waals surface area contributed by atoms with Crippen LogP contribution in [0, 0.1) is 70.6 Å². The first-order valence-corrected chi connectivity index (χ1v) is 35.2. The topological polar surface area (TPSA) is 302 Å². The number of phenols is 1. The van der Waals surface area contributed by atoms with Crippen molar-refractivity contribution in [2.24, 2.45) is 22.7 Å². The molecule has 3 amide bonds. The standard InChI is InChI=1S/C26H31F3N2O3.C16H21NO3.C10H10F3NO3.2C10H12F3NO.C7H4F3NO3.2CH4/c1-15(2)25(13-22(32)31(14-25)23-17(5)8-7-9-18(23)6)24(33)30-20-10-19(26(27,28)29)11-21(12-20)34-16(3)4;1-10(2)16(15(19)20)8-13(18)17(9-16)14-11(3)6-5-7-12(14)4;1-6(2)17-9-4-7(10(11,12)13)3-8(5-9)14(15)16;2*1-6(2)15-9-4-7(10(11,12)13)3-8(14)5-9;8-7(9,10)4-1-5(11(13)14)3-6(12)2-4;;/h7-12,15-16H,13-14H2,1-6H3,(H,30,33);5-7,10H,8-9H2,1-4H3,(H,19,20);3-6H,1-2H3;2*3-6H,14H2,1-2H3;1-3,12H;2*1H4/t25-;16-;;;;;;/m00....../s1. The minimum Gasteiger partial charge on any atom is -0.508 e. The smallest absolute Gasteiger partial charge is 0.416 e. The number of carbonyl (C=O) groups excluding carboxylic acids is 3. The quantitative estimate of drug-likeness (QED) is 0.0245. The minimum atomic E-state index is -4.70. The number of nitrogen functional groups attached to an aromatic ring is 2. The van der Waals surface area contributed by atoms with Crippen molar-refractivity contribution in [2.45, 2.75) is 194 Å². The number of carboxylic acids is 1. The first-order valence-electron chi connectivity index (χ1n) is 35.2. The maximum Gasteiger partial charge on any atom is 0.416 e. The average Bonchev–Trinajstić information content (AvgIpc) is 1.61. The van der Waals surface area contributed by atoms with Gasteiger partial charge in [-0.05, 0) is 166 Å². The van der Waals surface area contributed by atoms with Crippen molar-refractivity contribution < 1.29 is 124 Å². The number of nitrogens with one attached hydrogen (secondary N) is 1. The van der Waals surface area contributed by atoms with Crippen molar-refractivity contribution in [1.29, 1.82) is 0 Å². The number of non-ortho nitro benzene ring substituents is 2. The second kappa shape index (κ2) is 41.1. The molecule has 2 aliphatic rings. The number of aliphatic carboxylic acids is 1. The molecule has 0 bridgehead atoms. The summed E-state index contributed by atoms with van der Waals surface area (Å²) in [6, 6.07) is 24.7. The number of nitro groups is 2. The Hall–Kier alpha value is -11.2. The van der Waals surface area contributed by atoms with Crippen LogP contribution < -0.4 is 45.5 Å². The van der Waals surface area contributed by atoms with Crippen LogP contribution in [0.25, 0.3) is 0 Å². The number of nitro benzene ring substituents is 2. The molecule has 7 aromatic rings. The van der Waals surface area contributed by atoms with Gasteiger partial charge in [-0.1, -0.05) is 78.9 Å². The molecule has 0 unspecified atom stereocenters. The zero-order valence-electron chi connectivity index (χ0n) is 65.3. The van der Waals surface area contributed by atoms with Crippen LogP contribution in [0.4, 0.5) is 106 Å². The Morgan fingerprint density at radius 3 is 1.03 bits per heavy atom. The number of amides is 3. The third-order valence-electron chi connectivity index (χ3n) is 17.3. The Balaban J connectivity index is 0.000000492. The molecule has 2 saturated heterocycles. The number of carbonyl (C=O) groups is 4. The summed E-state index contributed by atoms with van der Waals surface area (Å²) >= 11 is 0. The molecule has 0 aromatic heterocycles. The predicted molar refractivity (Wildman–Crippen MR) is 414 cm³/mol. The number of anilines is 5. The summed E-state index contributed by atoms with van der Waals surface area (Å²) in [5, 5.41) is 41.7. The van der Waals surface area contributed by atoms with E-state index in [-0.39, 0.29) is 129 Å². The molecule has 21 nitrogen and oxygen atoms in total. The molecular weight excluding hydrogens is 1580 g/mol. The summed E-state index contributed by atoms with van der Waals surface area (Å²) in [7, 11) is 0. The Bertz CT molecular complexity index is 4470. The average molecular weight is 1680 g/mol. The largest absolute Gasteiger partial charge is 0.508 e. The Morgan fingerprint density at radius 2 is 0.726 bits per heavy atom. The molecule has 646 valence electrons. The molecule has 9 rings (SSSR count). The van der Waals surface area contributed by atoms with E-state index in [4.69, 9.17) is 35.5 Å². The molecule has 2 atom stereocenters. The fourth-order valence-corrected chi connectivity index (χ4v) is 11.8. The molecule has 2 heterocycles. The van der Waals surface area contributed by atoms with Gasteiger partial charge in [0.2, 0.25) is 17.7 Å². The second-order valence-corrected chi connectivity index (χ2v) is 28.6. The van der Waals surface area contributed by atoms with Gasteiger partial charge in [0.05, 0.1) is 85.0 Å². The van der Waals surface area contributed by atoms with Crippen LogP contribution in [-0.2, 0) is 50.1 Å². The number of halogens is 15. The van der Waals surface area contributed by atoms with Crippen LogP contribution >= 0.6 is 0 Å². The van der Waals surface area contributed by atoms with Crippen LogP contribution in [0.15, 0.2) is 127 Å². The Kier molecular flexibility index (Phi) is 35.7. The molecule has 7 aromatic carbocycles. The first-order chi connectivity index (χ1) is 52.6. The van der Waals surface area contributed by atoms with E-state index in [1.807, 2.05) is 91.8 Å². The van der Waals surface area contributed by atoms with E-state index in [1.165, 1.54) is 18.2 Å². The number of aryl methyl sites for hydroxylation is 4. The summed E-state index contributed by atoms with van der Waals surface area (Å²) < 4.78 is 209. The number of aromatic hydroxyl groups is 1. The van der Waals surface area contributed by atoms with Crippen LogP contribution in [0.2, 0.25) is 0 Å². The lowest BCUT2D eigenvalue weighted by Crippen LogP contribution is -2.43. The summed E-state index contributed by atoms with van der Waals surface area (Å²) in [4.78, 5) is 72.7. The van der Waals surface area contributed by atoms with Gasteiger partial charge in [-0.25, -0.2) is 0 Å². The number of alkyl halides is 15. The number of benzene rings is 7. The SMILES string of the molecule is C.C.CC(C)Oc1cc(N)cc(C(F)(F)F)c1.CC(C)Oc1cc(N)cc(C(F)(F)F)c1.CC(C)Oc1cc([N+](=O)[O-])cc(C(F)(F)F)c1.Cc1cccc(C)c1N1C[C@](C(=O)Nc2cc(OC(C)C)cc(C(F)(F)F)c2)(C(C)C)CC1=O.Cc1cccc(C)c1N1C[C@](C(=O)O)(C(C)C)CC1=O.O=[N+]([O-])c1cc(O)cc(C(F)(F)F)c1. The van der Waals surface area contributed by atoms with Crippen molar-refractivity contribution in [2.75, 3.05) is 39.7 Å². The molecule has 0 radical (unpaired) electrons. The second-order valence-electron chi connectivity index (χ2n) is 28.6. The van der Waals surface area contributed by atoms with Crippen LogP contribution in [0.5, 0.6) is 28.7 Å². The minimum absolute atomic E-state index is 0. The van der Waals surface area contributed by atoms with E-state index in [1.54, 1.807) is 65.2 Å². The fraction of sp³-hybridized carbons (Fsp3) is 0.432. The number of rotatable bonds is 17. The van der Waals surface area contributed by atoms with E-state index >= 15 is 0 Å². The fourth-order valence-electron chi connectivity index (χ4n) is 11.8. The molecule has 7 N–H and O–H groups in total. The van der Waals surface area contributed by atoms with Crippen LogP contribution in [-0.4, -0.2) is 81.3 Å². The van der Waals surface area contributed by atoms with Crippen molar-refractivity contribution in [1.82, 2.24) is 0 Å². The number of hydrogen-bond donors (Lipinski definition) is 5. The number of para-hydroxylation sites is 2. The van der Waals surface area contributed by atoms with Crippen molar-refractivity contribution in [3.8, 4) is 28.7 Å². The molecular formula is C81H98F15N7O14. The molecule has 0 spiro atoms. The highest BCUT2D eigenvalue weighted by atomic mass is 19.4. The third-order valence-corrected chi connectivity index (χ3v) is 17.3. The van der Waals surface area contributed by atoms with E-state index in [0.717, 1.165) is 82.2 Å². The lowest BCUT2D eigenvalue weighted by Gasteiger charge is -2.32.